The van der Waals surface area contributed by atoms with Gasteiger partial charge in [0.05, 0.1) is 11.1 Å². The Morgan fingerprint density at radius 2 is 1.79 bits per heavy atom. The molecule has 0 saturated heterocycles. The first kappa shape index (κ1) is 23.7. The van der Waals surface area contributed by atoms with Gasteiger partial charge in [0.1, 0.15) is 5.69 Å². The number of alkyl halides is 6. The number of nitrogens with one attached hydrogen (secondary N) is 2. The fourth-order valence-corrected chi connectivity index (χ4v) is 5.49. The quantitative estimate of drug-likeness (QED) is 0.460. The first-order chi connectivity index (χ1) is 15.5. The van der Waals surface area contributed by atoms with Crippen LogP contribution in [0, 0.1) is 17.8 Å². The van der Waals surface area contributed by atoms with Gasteiger partial charge in [-0.2, -0.15) is 26.3 Å². The van der Waals surface area contributed by atoms with Crippen molar-refractivity contribution in [2.75, 3.05) is 0 Å². The van der Waals surface area contributed by atoms with Crippen molar-refractivity contribution in [3.05, 3.63) is 47.3 Å². The van der Waals surface area contributed by atoms with Gasteiger partial charge >= 0.3 is 12.4 Å². The molecule has 33 heavy (non-hydrogen) atoms. The molecule has 9 heteroatoms. The second kappa shape index (κ2) is 8.72. The number of aromatic amines is 1. The second-order valence-electron chi connectivity index (χ2n) is 9.32. The summed E-state index contributed by atoms with van der Waals surface area (Å²) in [4.78, 5) is 15.5. The molecule has 2 aliphatic rings. The topological polar surface area (TPSA) is 44.9 Å². The minimum atomic E-state index is -4.98. The van der Waals surface area contributed by atoms with Gasteiger partial charge in [-0.05, 0) is 73.6 Å². The van der Waals surface area contributed by atoms with Crippen LogP contribution in [-0.2, 0) is 12.4 Å². The maximum atomic E-state index is 13.5. The van der Waals surface area contributed by atoms with Crippen LogP contribution in [-0.4, -0.2) is 16.9 Å². The number of amides is 1. The Kier molecular flexibility index (Phi) is 6.26. The number of fused-ring (bicyclic) bond motifs is 2. The minimum Gasteiger partial charge on any atom is -0.357 e. The number of carbonyl (C=O) groups is 1. The van der Waals surface area contributed by atoms with Crippen LogP contribution in [0.2, 0.25) is 0 Å². The molecule has 180 valence electrons. The number of halogens is 6. The van der Waals surface area contributed by atoms with E-state index in [-0.39, 0.29) is 23.4 Å². The number of H-pyrrole nitrogens is 1. The summed E-state index contributed by atoms with van der Waals surface area (Å²) in [6.07, 6.45) is -2.23. The predicted octanol–water partition coefficient (Wildman–Crippen LogP) is 7.05. The second-order valence-corrected chi connectivity index (χ2v) is 9.32. The van der Waals surface area contributed by atoms with Gasteiger partial charge in [0.25, 0.3) is 5.91 Å². The van der Waals surface area contributed by atoms with Crippen LogP contribution in [0.4, 0.5) is 26.3 Å². The van der Waals surface area contributed by atoms with Crippen molar-refractivity contribution in [1.82, 2.24) is 10.3 Å². The summed E-state index contributed by atoms with van der Waals surface area (Å²) in [5.74, 6) is 1.33. The van der Waals surface area contributed by atoms with Gasteiger partial charge in [0, 0.05) is 17.8 Å². The Morgan fingerprint density at radius 1 is 1.03 bits per heavy atom. The number of rotatable bonds is 4. The maximum Gasteiger partial charge on any atom is 0.417 e. The van der Waals surface area contributed by atoms with Crippen LogP contribution in [0.3, 0.4) is 0 Å². The number of hydrogen-bond acceptors (Lipinski definition) is 1. The Hall–Kier alpha value is -2.45. The van der Waals surface area contributed by atoms with E-state index in [2.05, 4.69) is 17.2 Å². The lowest BCUT2D eigenvalue weighted by molar-refractivity contribution is -0.142. The van der Waals surface area contributed by atoms with Gasteiger partial charge in [-0.1, -0.05) is 19.4 Å². The van der Waals surface area contributed by atoms with Crippen molar-refractivity contribution in [2.24, 2.45) is 17.8 Å². The van der Waals surface area contributed by atoms with E-state index in [1.807, 2.05) is 0 Å². The largest absolute Gasteiger partial charge is 0.417 e. The summed E-state index contributed by atoms with van der Waals surface area (Å²) in [6, 6.07) is 2.79. The highest BCUT2D eigenvalue weighted by Crippen LogP contribution is 2.44. The molecule has 0 aliphatic heterocycles. The third kappa shape index (κ3) is 5.06. The molecule has 0 radical (unpaired) electrons. The van der Waals surface area contributed by atoms with Gasteiger partial charge in [0.15, 0.2) is 0 Å². The van der Waals surface area contributed by atoms with Crippen molar-refractivity contribution >= 4 is 5.91 Å². The van der Waals surface area contributed by atoms with Crippen molar-refractivity contribution in [1.29, 1.82) is 0 Å². The predicted molar refractivity (Wildman–Crippen MR) is 111 cm³/mol. The summed E-state index contributed by atoms with van der Waals surface area (Å²) in [7, 11) is 0. The molecular formula is C24H26F6N2O. The van der Waals surface area contributed by atoms with E-state index in [9.17, 15) is 31.1 Å². The van der Waals surface area contributed by atoms with E-state index >= 15 is 0 Å². The lowest BCUT2D eigenvalue weighted by Crippen LogP contribution is -2.46. The Bertz CT molecular complexity index is 1010. The van der Waals surface area contributed by atoms with Crippen LogP contribution in [0.15, 0.2) is 30.5 Å². The molecule has 3 nitrogen and oxygen atoms in total. The molecule has 1 heterocycles. The molecule has 4 unspecified atom stereocenters. The van der Waals surface area contributed by atoms with E-state index in [0.29, 0.717) is 23.8 Å². The zero-order valence-electron chi connectivity index (χ0n) is 18.1. The van der Waals surface area contributed by atoms with E-state index < -0.39 is 35.0 Å². The molecule has 2 saturated carbocycles. The van der Waals surface area contributed by atoms with Crippen molar-refractivity contribution in [3.8, 4) is 11.1 Å². The normalized spacial score (nSPS) is 25.7. The lowest BCUT2D eigenvalue weighted by atomic mass is 9.65. The van der Waals surface area contributed by atoms with E-state index in [1.165, 1.54) is 18.7 Å². The van der Waals surface area contributed by atoms with Gasteiger partial charge in [-0.3, -0.25) is 4.79 Å². The fourth-order valence-electron chi connectivity index (χ4n) is 5.49. The third-order valence-corrected chi connectivity index (χ3v) is 7.18. The highest BCUT2D eigenvalue weighted by Gasteiger charge is 2.39. The number of benzene rings is 1. The van der Waals surface area contributed by atoms with Crippen molar-refractivity contribution < 1.29 is 31.1 Å². The maximum absolute atomic E-state index is 13.5. The number of aromatic nitrogens is 1. The summed E-state index contributed by atoms with van der Waals surface area (Å²) in [6.45, 7) is 2.18. The minimum absolute atomic E-state index is 0.00798. The van der Waals surface area contributed by atoms with Gasteiger partial charge in [0.2, 0.25) is 0 Å². The molecule has 1 aromatic heterocycles. The summed E-state index contributed by atoms with van der Waals surface area (Å²) < 4.78 is 79.3. The first-order valence-corrected chi connectivity index (χ1v) is 11.2. The van der Waals surface area contributed by atoms with Crippen molar-refractivity contribution in [2.45, 2.75) is 63.8 Å². The van der Waals surface area contributed by atoms with E-state index in [4.69, 9.17) is 0 Å². The summed E-state index contributed by atoms with van der Waals surface area (Å²) in [5.41, 5.74) is -3.09. The molecule has 2 bridgehead atoms. The molecule has 2 fully saturated rings. The molecular weight excluding hydrogens is 446 g/mol. The average molecular weight is 472 g/mol. The lowest BCUT2D eigenvalue weighted by Gasteiger charge is -2.43. The molecule has 2 aromatic rings. The first-order valence-electron chi connectivity index (χ1n) is 11.2. The molecule has 2 N–H and O–H groups in total. The Labute approximate surface area is 187 Å². The number of hydrogen-bond donors (Lipinski definition) is 2. The fraction of sp³-hybridized carbons (Fsp3) is 0.542. The van der Waals surface area contributed by atoms with Gasteiger partial charge in [-0.15, -0.1) is 0 Å². The highest BCUT2D eigenvalue weighted by molar-refractivity contribution is 5.94. The van der Waals surface area contributed by atoms with Crippen LogP contribution < -0.4 is 5.32 Å². The summed E-state index contributed by atoms with van der Waals surface area (Å²) in [5, 5.41) is 3.03. The molecule has 4 rings (SSSR count). The monoisotopic (exact) mass is 472 g/mol. The van der Waals surface area contributed by atoms with E-state index in [1.54, 1.807) is 0 Å². The standard InChI is InChI=1S/C24H26F6N2O/c1-2-13-7-14-3-6-20(15(8-13)9-14)32-22(33)21-10-16(12-31-21)18-5-4-17(23(25,26)27)11-19(18)24(28,29)30/h4-5,10-15,20,31H,2-3,6-9H2,1H3,(H,32,33). The van der Waals surface area contributed by atoms with Crippen LogP contribution >= 0.6 is 0 Å². The zero-order valence-corrected chi connectivity index (χ0v) is 18.1. The van der Waals surface area contributed by atoms with Gasteiger partial charge in [-0.25, -0.2) is 0 Å². The Balaban J connectivity index is 1.54. The molecule has 2 aliphatic carbocycles. The van der Waals surface area contributed by atoms with Crippen LogP contribution in [0.1, 0.15) is 67.1 Å². The number of carbonyl (C=O) groups excluding carboxylic acids is 1. The molecule has 1 amide bonds. The Morgan fingerprint density at radius 3 is 2.45 bits per heavy atom. The molecule has 0 spiro atoms. The highest BCUT2D eigenvalue weighted by atomic mass is 19.4. The van der Waals surface area contributed by atoms with Crippen molar-refractivity contribution in [3.63, 3.8) is 0 Å². The molecule has 1 aromatic carbocycles. The van der Waals surface area contributed by atoms with Crippen LogP contribution in [0.25, 0.3) is 11.1 Å². The van der Waals surface area contributed by atoms with E-state index in [0.717, 1.165) is 38.2 Å². The third-order valence-electron chi connectivity index (χ3n) is 7.18. The average Bonchev–Trinajstić information content (AvgIpc) is 3.24. The van der Waals surface area contributed by atoms with Crippen LogP contribution in [0.5, 0.6) is 0 Å². The zero-order chi connectivity index (χ0) is 24.0. The smallest absolute Gasteiger partial charge is 0.357 e. The van der Waals surface area contributed by atoms with Gasteiger partial charge < -0.3 is 10.3 Å². The molecule has 4 atom stereocenters. The SMILES string of the molecule is CCC1CC2CCC(NC(=O)c3cc(-c4ccc(C(F)(F)F)cc4C(F)(F)F)c[nH]3)C(C1)C2. The summed E-state index contributed by atoms with van der Waals surface area (Å²) >= 11 is 0.